The number of rotatable bonds is 5. The van der Waals surface area contributed by atoms with Gasteiger partial charge in [0.15, 0.2) is 5.82 Å². The maximum absolute atomic E-state index is 12.1. The van der Waals surface area contributed by atoms with Crippen LogP contribution in [0.25, 0.3) is 0 Å². The summed E-state index contributed by atoms with van der Waals surface area (Å²) in [5, 5.41) is 19.2. The zero-order valence-electron chi connectivity index (χ0n) is 11.4. The molecule has 0 unspecified atom stereocenters. The number of carbonyl (C=O) groups excluding carboxylic acids is 1. The van der Waals surface area contributed by atoms with Gasteiger partial charge in [-0.05, 0) is 24.6 Å². The van der Waals surface area contributed by atoms with E-state index in [0.717, 1.165) is 18.5 Å². The molecule has 0 atom stereocenters. The molecule has 3 N–H and O–H groups in total. The van der Waals surface area contributed by atoms with Gasteiger partial charge in [-0.15, -0.1) is 0 Å². The summed E-state index contributed by atoms with van der Waals surface area (Å²) in [6.45, 7) is 2.06. The van der Waals surface area contributed by atoms with Crippen LogP contribution in [0, 0.1) is 0 Å². The number of aromatic amines is 1. The normalized spacial score (nSPS) is 10.3. The van der Waals surface area contributed by atoms with Gasteiger partial charge >= 0.3 is 0 Å². The first kappa shape index (κ1) is 13.9. The molecule has 0 radical (unpaired) electrons. The van der Waals surface area contributed by atoms with Crippen molar-refractivity contribution >= 4 is 11.7 Å². The molecule has 2 aromatic rings. The van der Waals surface area contributed by atoms with Crippen LogP contribution in [0.5, 0.6) is 11.5 Å². The van der Waals surface area contributed by atoms with Crippen molar-refractivity contribution in [2.24, 2.45) is 0 Å². The molecule has 6 heteroatoms. The smallest absolute Gasteiger partial charge is 0.260 e. The molecule has 1 heterocycles. The first-order valence-electron chi connectivity index (χ1n) is 6.36. The number of nitrogens with one attached hydrogen (secondary N) is 2. The summed E-state index contributed by atoms with van der Waals surface area (Å²) in [4.78, 5) is 12.1. The molecule has 1 aromatic carbocycles. The van der Waals surface area contributed by atoms with Crippen LogP contribution < -0.4 is 10.1 Å². The molecule has 0 spiro atoms. The van der Waals surface area contributed by atoms with Gasteiger partial charge in [-0.3, -0.25) is 9.89 Å². The number of ether oxygens (including phenoxy) is 1. The van der Waals surface area contributed by atoms with E-state index in [4.69, 9.17) is 4.74 Å². The van der Waals surface area contributed by atoms with Gasteiger partial charge in [-0.2, -0.15) is 5.10 Å². The van der Waals surface area contributed by atoms with Crippen LogP contribution in [0.1, 0.15) is 29.4 Å². The molecule has 0 aliphatic rings. The van der Waals surface area contributed by atoms with Crippen molar-refractivity contribution in [3.63, 3.8) is 0 Å². The molecule has 0 aliphatic heterocycles. The molecule has 0 bridgehead atoms. The maximum atomic E-state index is 12.1. The number of phenolic OH excluding ortho intramolecular Hbond substituents is 1. The summed E-state index contributed by atoms with van der Waals surface area (Å²) in [6, 6.07) is 6.25. The van der Waals surface area contributed by atoms with Crippen molar-refractivity contribution in [3.8, 4) is 11.5 Å². The first-order valence-corrected chi connectivity index (χ1v) is 6.36. The van der Waals surface area contributed by atoms with E-state index in [9.17, 15) is 9.90 Å². The van der Waals surface area contributed by atoms with E-state index in [-0.39, 0.29) is 11.3 Å². The Balaban J connectivity index is 2.14. The van der Waals surface area contributed by atoms with Crippen LogP contribution in [0.2, 0.25) is 0 Å². The number of anilines is 1. The summed E-state index contributed by atoms with van der Waals surface area (Å²) < 4.78 is 5.03. The van der Waals surface area contributed by atoms with E-state index in [1.165, 1.54) is 19.2 Å². The summed E-state index contributed by atoms with van der Waals surface area (Å²) in [5.41, 5.74) is 1.10. The molecule has 6 nitrogen and oxygen atoms in total. The fourth-order valence-corrected chi connectivity index (χ4v) is 1.83. The monoisotopic (exact) mass is 275 g/mol. The third kappa shape index (κ3) is 3.09. The number of benzene rings is 1. The highest BCUT2D eigenvalue weighted by Crippen LogP contribution is 2.23. The van der Waals surface area contributed by atoms with Crippen LogP contribution in [0.15, 0.2) is 24.3 Å². The summed E-state index contributed by atoms with van der Waals surface area (Å²) in [7, 11) is 1.50. The third-order valence-electron chi connectivity index (χ3n) is 2.84. The number of nitrogens with zero attached hydrogens (tertiary/aromatic N) is 1. The molecule has 0 saturated heterocycles. The number of carbonyl (C=O) groups is 1. The number of hydrogen-bond acceptors (Lipinski definition) is 4. The predicted molar refractivity (Wildman–Crippen MR) is 75.2 cm³/mol. The van der Waals surface area contributed by atoms with Crippen LogP contribution in [0.4, 0.5) is 5.82 Å². The minimum absolute atomic E-state index is 0.104. The standard InChI is InChI=1S/C14H17N3O3/c1-3-4-9-7-13(17-16-9)15-14(19)11-8-10(20-2)5-6-12(11)18/h5-8,18H,3-4H2,1-2H3,(H2,15,16,17,19). The van der Waals surface area contributed by atoms with Gasteiger partial charge < -0.3 is 15.2 Å². The highest BCUT2D eigenvalue weighted by molar-refractivity contribution is 6.05. The van der Waals surface area contributed by atoms with E-state index in [0.29, 0.717) is 11.6 Å². The Hall–Kier alpha value is -2.50. The molecule has 0 aliphatic carbocycles. The van der Waals surface area contributed by atoms with Crippen molar-refractivity contribution in [1.29, 1.82) is 0 Å². The number of hydrogen-bond donors (Lipinski definition) is 3. The largest absolute Gasteiger partial charge is 0.507 e. The van der Waals surface area contributed by atoms with E-state index in [2.05, 4.69) is 22.4 Å². The Kier molecular flexibility index (Phi) is 4.24. The lowest BCUT2D eigenvalue weighted by molar-refractivity contribution is 0.102. The quantitative estimate of drug-likeness (QED) is 0.781. The lowest BCUT2D eigenvalue weighted by atomic mass is 10.1. The highest BCUT2D eigenvalue weighted by Gasteiger charge is 2.14. The molecule has 106 valence electrons. The van der Waals surface area contributed by atoms with Crippen molar-refractivity contribution in [2.45, 2.75) is 19.8 Å². The van der Waals surface area contributed by atoms with Gasteiger partial charge in [0, 0.05) is 11.8 Å². The van der Waals surface area contributed by atoms with Crippen LogP contribution in [-0.2, 0) is 6.42 Å². The van der Waals surface area contributed by atoms with Crippen molar-refractivity contribution in [2.75, 3.05) is 12.4 Å². The molecule has 1 amide bonds. The molecular weight excluding hydrogens is 258 g/mol. The molecule has 2 rings (SSSR count). The number of H-pyrrole nitrogens is 1. The lowest BCUT2D eigenvalue weighted by Gasteiger charge is -2.06. The molecule has 0 fully saturated rings. The summed E-state index contributed by atoms with van der Waals surface area (Å²) in [6.07, 6.45) is 1.86. The van der Waals surface area contributed by atoms with Crippen molar-refractivity contribution < 1.29 is 14.6 Å². The number of aromatic hydroxyl groups is 1. The van der Waals surface area contributed by atoms with Gasteiger partial charge in [0.2, 0.25) is 0 Å². The zero-order valence-corrected chi connectivity index (χ0v) is 11.4. The predicted octanol–water partition coefficient (Wildman–Crippen LogP) is 2.33. The Bertz CT molecular complexity index is 607. The number of amides is 1. The summed E-state index contributed by atoms with van der Waals surface area (Å²) >= 11 is 0. The van der Waals surface area contributed by atoms with Gasteiger partial charge in [-0.25, -0.2) is 0 Å². The second-order valence-corrected chi connectivity index (χ2v) is 4.37. The Morgan fingerprint density at radius 3 is 2.95 bits per heavy atom. The van der Waals surface area contributed by atoms with E-state index in [1.807, 2.05) is 0 Å². The van der Waals surface area contributed by atoms with Crippen LogP contribution in [-0.4, -0.2) is 28.3 Å². The topological polar surface area (TPSA) is 87.2 Å². The van der Waals surface area contributed by atoms with E-state index in [1.54, 1.807) is 12.1 Å². The lowest BCUT2D eigenvalue weighted by Crippen LogP contribution is -2.12. The second kappa shape index (κ2) is 6.10. The highest BCUT2D eigenvalue weighted by atomic mass is 16.5. The molecule has 20 heavy (non-hydrogen) atoms. The number of phenols is 1. The fraction of sp³-hybridized carbons (Fsp3) is 0.286. The van der Waals surface area contributed by atoms with Crippen LogP contribution in [0.3, 0.4) is 0 Å². The van der Waals surface area contributed by atoms with Gasteiger partial charge in [0.25, 0.3) is 5.91 Å². The minimum Gasteiger partial charge on any atom is -0.507 e. The third-order valence-corrected chi connectivity index (χ3v) is 2.84. The second-order valence-electron chi connectivity index (χ2n) is 4.37. The zero-order chi connectivity index (χ0) is 14.5. The van der Waals surface area contributed by atoms with Crippen molar-refractivity contribution in [1.82, 2.24) is 10.2 Å². The SMILES string of the molecule is CCCc1cc(NC(=O)c2cc(OC)ccc2O)n[nH]1. The van der Waals surface area contributed by atoms with Gasteiger partial charge in [-0.1, -0.05) is 13.3 Å². The van der Waals surface area contributed by atoms with E-state index < -0.39 is 5.91 Å². The Labute approximate surface area is 116 Å². The van der Waals surface area contributed by atoms with Crippen LogP contribution >= 0.6 is 0 Å². The van der Waals surface area contributed by atoms with Crippen molar-refractivity contribution in [3.05, 3.63) is 35.5 Å². The number of methoxy groups -OCH3 is 1. The molecular formula is C14H17N3O3. The summed E-state index contributed by atoms with van der Waals surface area (Å²) in [5.74, 6) is 0.394. The first-order chi connectivity index (χ1) is 9.63. The van der Waals surface area contributed by atoms with Gasteiger partial charge in [0.1, 0.15) is 11.5 Å². The molecule has 0 saturated carbocycles. The number of aromatic nitrogens is 2. The molecule has 1 aromatic heterocycles. The average Bonchev–Trinajstić information content (AvgIpc) is 2.87. The maximum Gasteiger partial charge on any atom is 0.260 e. The number of aryl methyl sites for hydroxylation is 1. The van der Waals surface area contributed by atoms with E-state index >= 15 is 0 Å². The Morgan fingerprint density at radius 1 is 1.45 bits per heavy atom. The fourth-order valence-electron chi connectivity index (χ4n) is 1.83. The minimum atomic E-state index is -0.434. The average molecular weight is 275 g/mol. The van der Waals surface area contributed by atoms with Gasteiger partial charge in [0.05, 0.1) is 12.7 Å². The Morgan fingerprint density at radius 2 is 2.25 bits per heavy atom.